The number of aromatic carboxylic acids is 1. The van der Waals surface area contributed by atoms with Crippen LogP contribution >= 0.6 is 12.4 Å². The Balaban J connectivity index is 0.00000272. The van der Waals surface area contributed by atoms with Gasteiger partial charge in [-0.3, -0.25) is 0 Å². The van der Waals surface area contributed by atoms with Crippen LogP contribution in [0.4, 0.5) is 5.69 Å². The molecule has 1 N–H and O–H groups in total. The second-order valence-corrected chi connectivity index (χ2v) is 6.86. The first-order chi connectivity index (χ1) is 14.7. The highest BCUT2D eigenvalue weighted by Gasteiger charge is 2.36. The Hall–Kier alpha value is -3.76. The maximum atomic E-state index is 11.1. The van der Waals surface area contributed by atoms with Crippen LogP contribution in [0.1, 0.15) is 27.0 Å². The normalized spacial score (nSPS) is 11.1. The first-order valence-corrected chi connectivity index (χ1v) is 9.63. The van der Waals surface area contributed by atoms with Crippen molar-refractivity contribution in [2.75, 3.05) is 0 Å². The number of rotatable bonds is 6. The van der Waals surface area contributed by atoms with E-state index in [0.717, 1.165) is 16.7 Å². The predicted octanol–water partition coefficient (Wildman–Crippen LogP) is 6.88. The standard InChI is InChI=1S/C26H20N2O2.ClH/c29-25(30)20-16-18-24(19-17-20)27-28-26(21-10-4-1-5-11-21,22-12-6-2-7-13-22)23-14-8-3-9-15-23;/h1-19H,(H,29,30);1H. The number of hydrogen-bond acceptors (Lipinski definition) is 3. The average molecular weight is 429 g/mol. The van der Waals surface area contributed by atoms with Crippen LogP contribution in [0.15, 0.2) is 125 Å². The molecule has 0 spiro atoms. The lowest BCUT2D eigenvalue weighted by Gasteiger charge is -2.30. The van der Waals surface area contributed by atoms with E-state index in [-0.39, 0.29) is 18.0 Å². The Morgan fingerprint density at radius 3 is 1.35 bits per heavy atom. The van der Waals surface area contributed by atoms with Crippen LogP contribution in [0.5, 0.6) is 0 Å². The fourth-order valence-electron chi connectivity index (χ4n) is 3.51. The number of azo groups is 1. The molecule has 0 heterocycles. The van der Waals surface area contributed by atoms with Crippen molar-refractivity contribution in [3.8, 4) is 0 Å². The van der Waals surface area contributed by atoms with Gasteiger partial charge in [0.2, 0.25) is 0 Å². The lowest BCUT2D eigenvalue weighted by atomic mass is 9.78. The molecule has 0 amide bonds. The van der Waals surface area contributed by atoms with Crippen molar-refractivity contribution in [1.29, 1.82) is 0 Å². The lowest BCUT2D eigenvalue weighted by molar-refractivity contribution is 0.0697. The highest BCUT2D eigenvalue weighted by molar-refractivity contribution is 5.87. The smallest absolute Gasteiger partial charge is 0.335 e. The van der Waals surface area contributed by atoms with Gasteiger partial charge < -0.3 is 5.11 Å². The molecule has 0 aliphatic heterocycles. The Morgan fingerprint density at radius 2 is 1.00 bits per heavy atom. The minimum atomic E-state index is -0.967. The lowest BCUT2D eigenvalue weighted by Crippen LogP contribution is -2.26. The number of carbonyl (C=O) groups is 1. The first kappa shape index (κ1) is 21.9. The van der Waals surface area contributed by atoms with E-state index in [9.17, 15) is 4.79 Å². The average Bonchev–Trinajstić information content (AvgIpc) is 2.82. The fraction of sp³-hybridized carbons (Fsp3) is 0.0385. The molecule has 4 rings (SSSR count). The molecule has 4 aromatic carbocycles. The largest absolute Gasteiger partial charge is 0.478 e. The molecule has 0 aliphatic rings. The van der Waals surface area contributed by atoms with Gasteiger partial charge in [0.15, 0.2) is 5.54 Å². The third-order valence-corrected chi connectivity index (χ3v) is 5.00. The second kappa shape index (κ2) is 9.83. The Morgan fingerprint density at radius 1 is 0.613 bits per heavy atom. The number of carboxylic acids is 1. The molecule has 0 atom stereocenters. The summed E-state index contributed by atoms with van der Waals surface area (Å²) in [6.07, 6.45) is 0. The molecular formula is C26H21ClN2O2. The zero-order valence-electron chi connectivity index (χ0n) is 16.6. The number of hydrogen-bond donors (Lipinski definition) is 1. The van der Waals surface area contributed by atoms with Gasteiger partial charge in [0.25, 0.3) is 0 Å². The molecule has 0 radical (unpaired) electrons. The zero-order chi connectivity index (χ0) is 20.8. The summed E-state index contributed by atoms with van der Waals surface area (Å²) in [6.45, 7) is 0. The molecule has 31 heavy (non-hydrogen) atoms. The summed E-state index contributed by atoms with van der Waals surface area (Å²) in [7, 11) is 0. The summed E-state index contributed by atoms with van der Waals surface area (Å²) in [5, 5.41) is 18.6. The summed E-state index contributed by atoms with van der Waals surface area (Å²) < 4.78 is 0. The van der Waals surface area contributed by atoms with Gasteiger partial charge in [-0.25, -0.2) is 4.79 Å². The van der Waals surface area contributed by atoms with E-state index < -0.39 is 11.5 Å². The molecule has 0 fully saturated rings. The summed E-state index contributed by atoms with van der Waals surface area (Å²) in [5.74, 6) is -0.967. The summed E-state index contributed by atoms with van der Waals surface area (Å²) in [5.41, 5.74) is 2.95. The number of carboxylic acid groups (broad SMARTS) is 1. The molecule has 0 aliphatic carbocycles. The van der Waals surface area contributed by atoms with Gasteiger partial charge >= 0.3 is 5.97 Å². The third-order valence-electron chi connectivity index (χ3n) is 5.00. The van der Waals surface area contributed by atoms with E-state index >= 15 is 0 Å². The van der Waals surface area contributed by atoms with Crippen molar-refractivity contribution in [3.05, 3.63) is 138 Å². The quantitative estimate of drug-likeness (QED) is 0.268. The van der Waals surface area contributed by atoms with Crippen molar-refractivity contribution < 1.29 is 9.90 Å². The van der Waals surface area contributed by atoms with E-state index in [1.807, 2.05) is 91.0 Å². The monoisotopic (exact) mass is 428 g/mol. The van der Waals surface area contributed by atoms with Gasteiger partial charge in [-0.15, -0.1) is 12.4 Å². The predicted molar refractivity (Wildman–Crippen MR) is 124 cm³/mol. The second-order valence-electron chi connectivity index (χ2n) is 6.86. The maximum absolute atomic E-state index is 11.1. The fourth-order valence-corrected chi connectivity index (χ4v) is 3.51. The van der Waals surface area contributed by atoms with Crippen LogP contribution in [-0.4, -0.2) is 11.1 Å². The minimum Gasteiger partial charge on any atom is -0.478 e. The van der Waals surface area contributed by atoms with Crippen molar-refractivity contribution in [1.82, 2.24) is 0 Å². The van der Waals surface area contributed by atoms with Crippen molar-refractivity contribution in [2.24, 2.45) is 10.2 Å². The van der Waals surface area contributed by atoms with Crippen LogP contribution in [0.2, 0.25) is 0 Å². The molecule has 0 saturated carbocycles. The van der Waals surface area contributed by atoms with E-state index in [1.165, 1.54) is 12.1 Å². The van der Waals surface area contributed by atoms with Crippen LogP contribution in [0.3, 0.4) is 0 Å². The molecule has 154 valence electrons. The van der Waals surface area contributed by atoms with E-state index in [0.29, 0.717) is 5.69 Å². The summed E-state index contributed by atoms with van der Waals surface area (Å²) >= 11 is 0. The van der Waals surface area contributed by atoms with Crippen LogP contribution in [-0.2, 0) is 5.54 Å². The van der Waals surface area contributed by atoms with E-state index in [2.05, 4.69) is 5.11 Å². The molecule has 4 aromatic rings. The maximum Gasteiger partial charge on any atom is 0.335 e. The first-order valence-electron chi connectivity index (χ1n) is 9.63. The molecule has 5 heteroatoms. The van der Waals surface area contributed by atoms with E-state index in [1.54, 1.807) is 12.1 Å². The molecule has 0 bridgehead atoms. The molecule has 0 unspecified atom stereocenters. The van der Waals surface area contributed by atoms with Gasteiger partial charge in [-0.1, -0.05) is 91.0 Å². The van der Waals surface area contributed by atoms with Gasteiger partial charge in [0.05, 0.1) is 11.3 Å². The Labute approximate surface area is 187 Å². The van der Waals surface area contributed by atoms with Gasteiger partial charge in [0, 0.05) is 0 Å². The minimum absolute atomic E-state index is 0. The number of halogens is 1. The zero-order valence-corrected chi connectivity index (χ0v) is 17.4. The Kier molecular flexibility index (Phi) is 6.96. The highest BCUT2D eigenvalue weighted by Crippen LogP contribution is 2.41. The Bertz CT molecular complexity index is 1050. The summed E-state index contributed by atoms with van der Waals surface area (Å²) in [4.78, 5) is 11.1. The van der Waals surface area contributed by atoms with Gasteiger partial charge in [-0.2, -0.15) is 10.2 Å². The van der Waals surface area contributed by atoms with Gasteiger partial charge in [-0.05, 0) is 41.0 Å². The molecular weight excluding hydrogens is 408 g/mol. The van der Waals surface area contributed by atoms with Crippen LogP contribution < -0.4 is 0 Å². The van der Waals surface area contributed by atoms with Gasteiger partial charge in [0.1, 0.15) is 0 Å². The SMILES string of the molecule is Cl.O=C(O)c1ccc(N=NC(c2ccccc2)(c2ccccc2)c2ccccc2)cc1. The van der Waals surface area contributed by atoms with Crippen LogP contribution in [0, 0.1) is 0 Å². The van der Waals surface area contributed by atoms with Crippen LogP contribution in [0.25, 0.3) is 0 Å². The molecule has 4 nitrogen and oxygen atoms in total. The third kappa shape index (κ3) is 4.55. The molecule has 0 saturated heterocycles. The number of benzene rings is 4. The van der Waals surface area contributed by atoms with E-state index in [4.69, 9.17) is 10.2 Å². The number of nitrogens with zero attached hydrogens (tertiary/aromatic N) is 2. The highest BCUT2D eigenvalue weighted by atomic mass is 35.5. The molecule has 0 aromatic heterocycles. The topological polar surface area (TPSA) is 62.0 Å². The van der Waals surface area contributed by atoms with Crippen molar-refractivity contribution >= 4 is 24.1 Å². The van der Waals surface area contributed by atoms with Crippen molar-refractivity contribution in [3.63, 3.8) is 0 Å². The summed E-state index contributed by atoms with van der Waals surface area (Å²) in [6, 6.07) is 36.6. The van der Waals surface area contributed by atoms with Crippen molar-refractivity contribution in [2.45, 2.75) is 5.54 Å².